The van der Waals surface area contributed by atoms with E-state index in [9.17, 15) is 0 Å². The Morgan fingerprint density at radius 3 is 2.74 bits per heavy atom. The summed E-state index contributed by atoms with van der Waals surface area (Å²) in [6, 6.07) is 10.4. The summed E-state index contributed by atoms with van der Waals surface area (Å²) in [5.74, 6) is 1.15. The van der Waals surface area contributed by atoms with Gasteiger partial charge in [-0.3, -0.25) is 4.90 Å². The SMILES string of the molecule is CC(=Cc1ccccc1)CN1C[C@@H](C)O[C@@H](c2nnc(C)o2)C1. The molecular formula is C18H23N3O2. The Balaban J connectivity index is 1.66. The molecule has 5 nitrogen and oxygen atoms in total. The fourth-order valence-electron chi connectivity index (χ4n) is 2.98. The van der Waals surface area contributed by atoms with Crippen LogP contribution in [0.3, 0.4) is 0 Å². The largest absolute Gasteiger partial charge is 0.423 e. The van der Waals surface area contributed by atoms with Crippen molar-refractivity contribution < 1.29 is 9.15 Å². The quantitative estimate of drug-likeness (QED) is 0.867. The lowest BCUT2D eigenvalue weighted by molar-refractivity contribution is -0.0870. The maximum Gasteiger partial charge on any atom is 0.246 e. The molecule has 2 heterocycles. The van der Waals surface area contributed by atoms with Crippen molar-refractivity contribution in [1.82, 2.24) is 15.1 Å². The number of rotatable bonds is 4. The fraction of sp³-hybridized carbons (Fsp3) is 0.444. The van der Waals surface area contributed by atoms with Crippen LogP contribution >= 0.6 is 0 Å². The van der Waals surface area contributed by atoms with Crippen LogP contribution in [0.5, 0.6) is 0 Å². The number of morpholine rings is 1. The molecule has 1 aromatic heterocycles. The van der Waals surface area contributed by atoms with Gasteiger partial charge in [-0.2, -0.15) is 0 Å². The smallest absolute Gasteiger partial charge is 0.246 e. The van der Waals surface area contributed by atoms with Gasteiger partial charge in [-0.15, -0.1) is 10.2 Å². The van der Waals surface area contributed by atoms with Crippen molar-refractivity contribution >= 4 is 6.08 Å². The summed E-state index contributed by atoms with van der Waals surface area (Å²) in [6.45, 7) is 8.63. The van der Waals surface area contributed by atoms with Gasteiger partial charge in [-0.1, -0.05) is 42.0 Å². The van der Waals surface area contributed by atoms with E-state index in [0.717, 1.165) is 19.6 Å². The Bertz CT molecular complexity index is 666. The van der Waals surface area contributed by atoms with Gasteiger partial charge in [0.1, 0.15) is 6.10 Å². The molecule has 1 aliphatic heterocycles. The van der Waals surface area contributed by atoms with Crippen molar-refractivity contribution in [2.75, 3.05) is 19.6 Å². The lowest BCUT2D eigenvalue weighted by atomic mass is 10.1. The topological polar surface area (TPSA) is 51.4 Å². The molecule has 2 atom stereocenters. The lowest BCUT2D eigenvalue weighted by Gasteiger charge is -2.35. The maximum atomic E-state index is 5.96. The predicted octanol–water partition coefficient (Wildman–Crippen LogP) is 3.24. The first-order valence-electron chi connectivity index (χ1n) is 8.00. The van der Waals surface area contributed by atoms with Crippen LogP contribution in [0.4, 0.5) is 0 Å². The van der Waals surface area contributed by atoms with E-state index >= 15 is 0 Å². The highest BCUT2D eigenvalue weighted by Gasteiger charge is 2.29. The monoisotopic (exact) mass is 313 g/mol. The number of hydrogen-bond donors (Lipinski definition) is 0. The second-order valence-electron chi connectivity index (χ2n) is 6.19. The Hall–Kier alpha value is -1.98. The highest BCUT2D eigenvalue weighted by atomic mass is 16.5. The minimum Gasteiger partial charge on any atom is -0.423 e. The standard InChI is InChI=1S/C18H23N3O2/c1-13(9-16-7-5-4-6-8-16)10-21-11-14(2)22-17(12-21)18-20-19-15(3)23-18/h4-9,14,17H,10-12H2,1-3H3/t14-,17-/m1/s1. The van der Waals surface area contributed by atoms with E-state index < -0.39 is 0 Å². The average molecular weight is 313 g/mol. The minimum atomic E-state index is -0.149. The summed E-state index contributed by atoms with van der Waals surface area (Å²) in [5.41, 5.74) is 2.56. The number of nitrogens with zero attached hydrogens (tertiary/aromatic N) is 3. The predicted molar refractivity (Wildman–Crippen MR) is 88.9 cm³/mol. The molecule has 0 saturated carbocycles. The summed E-state index contributed by atoms with van der Waals surface area (Å²) in [4.78, 5) is 2.38. The number of hydrogen-bond acceptors (Lipinski definition) is 5. The number of ether oxygens (including phenoxy) is 1. The Labute approximate surface area is 137 Å². The van der Waals surface area contributed by atoms with Gasteiger partial charge in [-0.05, 0) is 19.4 Å². The van der Waals surface area contributed by atoms with E-state index in [0.29, 0.717) is 11.8 Å². The van der Waals surface area contributed by atoms with Crippen LogP contribution in [0.1, 0.15) is 37.3 Å². The summed E-state index contributed by atoms with van der Waals surface area (Å²) in [5, 5.41) is 8.00. The van der Waals surface area contributed by atoms with E-state index in [2.05, 4.69) is 59.3 Å². The van der Waals surface area contributed by atoms with E-state index in [1.54, 1.807) is 6.92 Å². The number of aryl methyl sites for hydroxylation is 1. The zero-order valence-corrected chi connectivity index (χ0v) is 13.9. The molecule has 0 N–H and O–H groups in total. The van der Waals surface area contributed by atoms with Crippen molar-refractivity contribution in [3.05, 3.63) is 53.2 Å². The highest BCUT2D eigenvalue weighted by Crippen LogP contribution is 2.25. The second kappa shape index (κ2) is 7.06. The molecule has 1 aliphatic rings. The first-order valence-corrected chi connectivity index (χ1v) is 8.00. The number of benzene rings is 1. The first-order chi connectivity index (χ1) is 11.1. The summed E-state index contributed by atoms with van der Waals surface area (Å²) in [7, 11) is 0. The van der Waals surface area contributed by atoms with Crippen molar-refractivity contribution in [2.45, 2.75) is 33.0 Å². The Morgan fingerprint density at radius 1 is 1.26 bits per heavy atom. The molecule has 122 valence electrons. The normalized spacial score (nSPS) is 23.2. The molecule has 1 aromatic carbocycles. The van der Waals surface area contributed by atoms with Gasteiger partial charge in [0.25, 0.3) is 0 Å². The third kappa shape index (κ3) is 4.27. The molecule has 3 rings (SSSR count). The molecule has 0 spiro atoms. The van der Waals surface area contributed by atoms with Crippen LogP contribution in [-0.4, -0.2) is 40.8 Å². The average Bonchev–Trinajstić information content (AvgIpc) is 2.94. The molecule has 0 radical (unpaired) electrons. The van der Waals surface area contributed by atoms with E-state index in [-0.39, 0.29) is 12.2 Å². The van der Waals surface area contributed by atoms with Gasteiger partial charge < -0.3 is 9.15 Å². The van der Waals surface area contributed by atoms with Crippen molar-refractivity contribution in [2.24, 2.45) is 0 Å². The molecule has 23 heavy (non-hydrogen) atoms. The van der Waals surface area contributed by atoms with Gasteiger partial charge in [0, 0.05) is 26.6 Å². The molecule has 1 fully saturated rings. The first kappa shape index (κ1) is 15.9. The van der Waals surface area contributed by atoms with E-state index in [1.807, 2.05) is 6.07 Å². The summed E-state index contributed by atoms with van der Waals surface area (Å²) >= 11 is 0. The van der Waals surface area contributed by atoms with Crippen molar-refractivity contribution in [1.29, 1.82) is 0 Å². The third-order valence-electron chi connectivity index (χ3n) is 3.84. The summed E-state index contributed by atoms with van der Waals surface area (Å²) in [6.07, 6.45) is 2.22. The van der Waals surface area contributed by atoms with E-state index in [4.69, 9.17) is 9.15 Å². The molecule has 0 amide bonds. The van der Waals surface area contributed by atoms with Gasteiger partial charge in [0.2, 0.25) is 11.8 Å². The fourth-order valence-corrected chi connectivity index (χ4v) is 2.98. The third-order valence-corrected chi connectivity index (χ3v) is 3.84. The minimum absolute atomic E-state index is 0.144. The maximum absolute atomic E-state index is 5.96. The molecular weight excluding hydrogens is 290 g/mol. The van der Waals surface area contributed by atoms with Crippen LogP contribution < -0.4 is 0 Å². The molecule has 2 aromatic rings. The highest BCUT2D eigenvalue weighted by molar-refractivity contribution is 5.52. The van der Waals surface area contributed by atoms with Gasteiger partial charge in [0.05, 0.1) is 6.10 Å². The zero-order valence-electron chi connectivity index (χ0n) is 13.9. The van der Waals surface area contributed by atoms with Crippen molar-refractivity contribution in [3.63, 3.8) is 0 Å². The van der Waals surface area contributed by atoms with Crippen LogP contribution in [0.2, 0.25) is 0 Å². The van der Waals surface area contributed by atoms with E-state index in [1.165, 1.54) is 11.1 Å². The molecule has 1 saturated heterocycles. The summed E-state index contributed by atoms with van der Waals surface area (Å²) < 4.78 is 11.5. The molecule has 5 heteroatoms. The Kier molecular flexibility index (Phi) is 4.88. The van der Waals surface area contributed by atoms with Gasteiger partial charge in [-0.25, -0.2) is 0 Å². The molecule has 0 bridgehead atoms. The van der Waals surface area contributed by atoms with Crippen LogP contribution in [0, 0.1) is 6.92 Å². The lowest BCUT2D eigenvalue weighted by Crippen LogP contribution is -2.43. The molecule has 0 aliphatic carbocycles. The van der Waals surface area contributed by atoms with Crippen LogP contribution in [0.25, 0.3) is 6.08 Å². The second-order valence-corrected chi connectivity index (χ2v) is 6.19. The zero-order chi connectivity index (χ0) is 16.2. The van der Waals surface area contributed by atoms with Gasteiger partial charge in [0.15, 0.2) is 0 Å². The van der Waals surface area contributed by atoms with Crippen LogP contribution in [-0.2, 0) is 4.74 Å². The van der Waals surface area contributed by atoms with Crippen LogP contribution in [0.15, 0.2) is 40.3 Å². The van der Waals surface area contributed by atoms with Gasteiger partial charge >= 0.3 is 0 Å². The molecule has 0 unspecified atom stereocenters. The Morgan fingerprint density at radius 2 is 2.04 bits per heavy atom. The van der Waals surface area contributed by atoms with Crippen molar-refractivity contribution in [3.8, 4) is 0 Å². The number of aromatic nitrogens is 2.